The predicted molar refractivity (Wildman–Crippen MR) is 89.6 cm³/mol. The first-order valence-electron chi connectivity index (χ1n) is 8.47. The second kappa shape index (κ2) is 5.16. The molecule has 118 valence electrons. The molecule has 2 unspecified atom stereocenters. The number of anilines is 1. The van der Waals surface area contributed by atoms with Crippen molar-refractivity contribution in [3.05, 3.63) is 28.8 Å². The molecule has 1 aliphatic carbocycles. The lowest BCUT2D eigenvalue weighted by atomic mass is 10.0. The number of fused-ring (bicyclic) bond motifs is 1. The Kier molecular flexibility index (Phi) is 3.37. The Morgan fingerprint density at radius 2 is 2.14 bits per heavy atom. The Balaban J connectivity index is 1.51. The van der Waals surface area contributed by atoms with Crippen LogP contribution in [0.25, 0.3) is 0 Å². The highest BCUT2D eigenvalue weighted by atomic mass is 35.5. The first kappa shape index (κ1) is 14.4. The van der Waals surface area contributed by atoms with E-state index in [9.17, 15) is 4.79 Å². The number of nitrogens with zero attached hydrogens (tertiary/aromatic N) is 2. The number of piperidine rings is 1. The molecular weight excluding hydrogens is 296 g/mol. The Hall–Kier alpha value is -1.22. The zero-order valence-corrected chi connectivity index (χ0v) is 13.9. The maximum absolute atomic E-state index is 12.7. The van der Waals surface area contributed by atoms with Crippen molar-refractivity contribution >= 4 is 23.2 Å². The molecule has 1 aromatic rings. The number of hydrogen-bond donors (Lipinski definition) is 0. The first-order valence-corrected chi connectivity index (χ1v) is 8.84. The fourth-order valence-corrected chi connectivity index (χ4v) is 4.63. The molecule has 22 heavy (non-hydrogen) atoms. The molecule has 3 nitrogen and oxygen atoms in total. The van der Waals surface area contributed by atoms with Gasteiger partial charge in [0.1, 0.15) is 0 Å². The van der Waals surface area contributed by atoms with Crippen LogP contribution in [0.1, 0.15) is 43.0 Å². The minimum Gasteiger partial charge on any atom is -0.370 e. The Morgan fingerprint density at radius 3 is 2.77 bits per heavy atom. The fourth-order valence-electron chi connectivity index (χ4n) is 4.33. The van der Waals surface area contributed by atoms with E-state index in [0.29, 0.717) is 10.4 Å². The van der Waals surface area contributed by atoms with E-state index in [-0.39, 0.29) is 5.91 Å². The number of halogens is 1. The van der Waals surface area contributed by atoms with Crippen LogP contribution in [0.4, 0.5) is 5.69 Å². The molecular formula is C18H23ClN2O. The van der Waals surface area contributed by atoms with Gasteiger partial charge >= 0.3 is 0 Å². The lowest BCUT2D eigenvalue weighted by molar-refractivity contribution is 0.0764. The zero-order valence-electron chi connectivity index (χ0n) is 13.1. The highest BCUT2D eigenvalue weighted by Gasteiger charge is 2.59. The molecule has 2 heterocycles. The quantitative estimate of drug-likeness (QED) is 0.846. The summed E-state index contributed by atoms with van der Waals surface area (Å²) in [5, 5.41) is 0.710. The molecule has 1 aromatic carbocycles. The molecule has 2 saturated heterocycles. The highest BCUT2D eigenvalue weighted by Crippen LogP contribution is 2.60. The van der Waals surface area contributed by atoms with E-state index in [2.05, 4.69) is 11.8 Å². The summed E-state index contributed by atoms with van der Waals surface area (Å²) in [5.74, 6) is 0.885. The van der Waals surface area contributed by atoms with Gasteiger partial charge in [0, 0.05) is 31.7 Å². The van der Waals surface area contributed by atoms with E-state index >= 15 is 0 Å². The fraction of sp³-hybridized carbons (Fsp3) is 0.611. The van der Waals surface area contributed by atoms with Crippen LogP contribution in [0.5, 0.6) is 0 Å². The summed E-state index contributed by atoms with van der Waals surface area (Å²) in [4.78, 5) is 17.0. The Morgan fingerprint density at radius 1 is 1.36 bits per heavy atom. The summed E-state index contributed by atoms with van der Waals surface area (Å²) in [6.45, 7) is 6.24. The zero-order chi connectivity index (χ0) is 15.3. The van der Waals surface area contributed by atoms with Gasteiger partial charge in [-0.05, 0) is 55.2 Å². The topological polar surface area (TPSA) is 23.6 Å². The third kappa shape index (κ3) is 2.21. The van der Waals surface area contributed by atoms with E-state index in [0.717, 1.165) is 43.3 Å². The molecule has 0 aromatic heterocycles. The summed E-state index contributed by atoms with van der Waals surface area (Å²) in [7, 11) is 0. The van der Waals surface area contributed by atoms with Crippen molar-refractivity contribution in [2.24, 2.45) is 11.3 Å². The number of likely N-dealkylation sites (tertiary alicyclic amines) is 1. The van der Waals surface area contributed by atoms with Gasteiger partial charge in [-0.1, -0.05) is 18.5 Å². The smallest absolute Gasteiger partial charge is 0.253 e. The normalized spacial score (nSPS) is 29.8. The SMILES string of the molecule is CCC12CC1CN(C(=O)c1ccc(N3CCCC3)c(Cl)c1)C2. The molecule has 3 aliphatic rings. The van der Waals surface area contributed by atoms with Gasteiger partial charge in [-0.2, -0.15) is 0 Å². The average molecular weight is 319 g/mol. The number of amides is 1. The van der Waals surface area contributed by atoms with Crippen LogP contribution in [-0.4, -0.2) is 37.0 Å². The molecule has 3 fully saturated rings. The van der Waals surface area contributed by atoms with E-state index in [1.54, 1.807) is 0 Å². The molecule has 1 saturated carbocycles. The van der Waals surface area contributed by atoms with Crippen molar-refractivity contribution in [1.82, 2.24) is 4.90 Å². The summed E-state index contributed by atoms with van der Waals surface area (Å²) in [5.41, 5.74) is 2.25. The van der Waals surface area contributed by atoms with E-state index in [4.69, 9.17) is 11.6 Å². The number of carbonyl (C=O) groups excluding carboxylic acids is 1. The number of hydrogen-bond acceptors (Lipinski definition) is 2. The lowest BCUT2D eigenvalue weighted by Gasteiger charge is -2.22. The van der Waals surface area contributed by atoms with Crippen molar-refractivity contribution < 1.29 is 4.79 Å². The van der Waals surface area contributed by atoms with Crippen LogP contribution in [0, 0.1) is 11.3 Å². The molecule has 1 amide bonds. The molecule has 4 heteroatoms. The molecule has 2 aliphatic heterocycles. The van der Waals surface area contributed by atoms with E-state index in [1.165, 1.54) is 25.7 Å². The second-order valence-electron chi connectivity index (χ2n) is 7.16. The summed E-state index contributed by atoms with van der Waals surface area (Å²) < 4.78 is 0. The number of rotatable bonds is 3. The van der Waals surface area contributed by atoms with Crippen molar-refractivity contribution in [3.8, 4) is 0 Å². The second-order valence-corrected chi connectivity index (χ2v) is 7.57. The lowest BCUT2D eigenvalue weighted by Crippen LogP contribution is -2.31. The monoisotopic (exact) mass is 318 g/mol. The van der Waals surface area contributed by atoms with Crippen LogP contribution in [0.3, 0.4) is 0 Å². The molecule has 0 radical (unpaired) electrons. The van der Waals surface area contributed by atoms with Crippen LogP contribution in [0.15, 0.2) is 18.2 Å². The maximum Gasteiger partial charge on any atom is 0.253 e. The van der Waals surface area contributed by atoms with E-state index < -0.39 is 0 Å². The minimum absolute atomic E-state index is 0.148. The van der Waals surface area contributed by atoms with Gasteiger partial charge < -0.3 is 9.80 Å². The van der Waals surface area contributed by atoms with Crippen LogP contribution >= 0.6 is 11.6 Å². The average Bonchev–Trinajstić information content (AvgIpc) is 2.93. The highest BCUT2D eigenvalue weighted by molar-refractivity contribution is 6.33. The maximum atomic E-state index is 12.7. The molecule has 4 rings (SSSR count). The van der Waals surface area contributed by atoms with Crippen LogP contribution in [0.2, 0.25) is 5.02 Å². The van der Waals surface area contributed by atoms with Crippen LogP contribution < -0.4 is 4.90 Å². The number of carbonyl (C=O) groups is 1. The molecule has 0 spiro atoms. The third-order valence-electron chi connectivity index (χ3n) is 5.94. The minimum atomic E-state index is 0.148. The van der Waals surface area contributed by atoms with Crippen molar-refractivity contribution in [3.63, 3.8) is 0 Å². The van der Waals surface area contributed by atoms with Gasteiger partial charge in [0.25, 0.3) is 5.91 Å². The van der Waals surface area contributed by atoms with Crippen LogP contribution in [-0.2, 0) is 0 Å². The summed E-state index contributed by atoms with van der Waals surface area (Å²) in [6.07, 6.45) is 4.95. The van der Waals surface area contributed by atoms with Gasteiger partial charge in [0.2, 0.25) is 0 Å². The van der Waals surface area contributed by atoms with Crippen molar-refractivity contribution in [2.75, 3.05) is 31.1 Å². The predicted octanol–water partition coefficient (Wildman–Crippen LogP) is 3.81. The van der Waals surface area contributed by atoms with Crippen molar-refractivity contribution in [2.45, 2.75) is 32.6 Å². The Bertz CT molecular complexity index is 607. The Labute approximate surface area is 137 Å². The largest absolute Gasteiger partial charge is 0.370 e. The van der Waals surface area contributed by atoms with Gasteiger partial charge in [0.15, 0.2) is 0 Å². The van der Waals surface area contributed by atoms with E-state index in [1.807, 2.05) is 23.1 Å². The van der Waals surface area contributed by atoms with Gasteiger partial charge in [-0.25, -0.2) is 0 Å². The van der Waals surface area contributed by atoms with Crippen molar-refractivity contribution in [1.29, 1.82) is 0 Å². The number of benzene rings is 1. The molecule has 0 N–H and O–H groups in total. The first-order chi connectivity index (χ1) is 10.6. The third-order valence-corrected chi connectivity index (χ3v) is 6.24. The standard InChI is InChI=1S/C18H23ClN2O/c1-2-18-10-14(18)11-21(12-18)17(22)13-5-6-16(15(19)9-13)20-7-3-4-8-20/h5-6,9,14H,2-4,7-8,10-12H2,1H3. The van der Waals surface area contributed by atoms with Gasteiger partial charge in [-0.15, -0.1) is 0 Å². The summed E-state index contributed by atoms with van der Waals surface area (Å²) >= 11 is 6.44. The summed E-state index contributed by atoms with van der Waals surface area (Å²) in [6, 6.07) is 5.83. The molecule has 0 bridgehead atoms. The molecule has 2 atom stereocenters. The van der Waals surface area contributed by atoms with Gasteiger partial charge in [-0.3, -0.25) is 4.79 Å². The van der Waals surface area contributed by atoms with Gasteiger partial charge in [0.05, 0.1) is 10.7 Å².